The summed E-state index contributed by atoms with van der Waals surface area (Å²) in [5, 5.41) is 7.06. The van der Waals surface area contributed by atoms with Gasteiger partial charge in [-0.1, -0.05) is 35.0 Å². The van der Waals surface area contributed by atoms with Crippen LogP contribution in [-0.2, 0) is 17.8 Å². The molecule has 1 saturated heterocycles. The van der Waals surface area contributed by atoms with Gasteiger partial charge < -0.3 is 9.26 Å². The molecule has 4 rings (SSSR count). The van der Waals surface area contributed by atoms with Gasteiger partial charge in [0.2, 0.25) is 0 Å². The molecule has 1 aliphatic heterocycles. The third kappa shape index (κ3) is 4.54. The molecule has 1 aromatic carbocycles. The summed E-state index contributed by atoms with van der Waals surface area (Å²) in [6.07, 6.45) is 2.60. The Morgan fingerprint density at radius 2 is 2.08 bits per heavy atom. The molecular weight excluding hydrogens is 368 g/mol. The lowest BCUT2D eigenvalue weighted by Crippen LogP contribution is -2.31. The van der Waals surface area contributed by atoms with E-state index in [1.54, 1.807) is 11.3 Å². The van der Waals surface area contributed by atoms with Crippen LogP contribution in [0.4, 0.5) is 0 Å². The predicted octanol–water partition coefficient (Wildman–Crippen LogP) is 5.24. The lowest BCUT2D eigenvalue weighted by molar-refractivity contribution is 0.0651. The zero-order valence-electron chi connectivity index (χ0n) is 14.4. The first-order chi connectivity index (χ1) is 12.8. The lowest BCUT2D eigenvalue weighted by Gasteiger charge is -2.23. The van der Waals surface area contributed by atoms with E-state index in [0.717, 1.165) is 61.1 Å². The van der Waals surface area contributed by atoms with Crippen LogP contribution in [0.5, 0.6) is 0 Å². The van der Waals surface area contributed by atoms with Crippen molar-refractivity contribution in [2.75, 3.05) is 13.2 Å². The van der Waals surface area contributed by atoms with Gasteiger partial charge in [0.1, 0.15) is 5.69 Å². The maximum Gasteiger partial charge on any atom is 0.151 e. The van der Waals surface area contributed by atoms with Gasteiger partial charge in [0.25, 0.3) is 0 Å². The highest BCUT2D eigenvalue weighted by Crippen LogP contribution is 2.23. The van der Waals surface area contributed by atoms with Crippen molar-refractivity contribution in [3.63, 3.8) is 0 Å². The molecule has 4 nitrogen and oxygen atoms in total. The largest absolute Gasteiger partial charge is 0.377 e. The first-order valence-electron chi connectivity index (χ1n) is 8.84. The summed E-state index contributed by atoms with van der Waals surface area (Å²) in [5.41, 5.74) is 1.85. The number of halogens is 1. The summed E-state index contributed by atoms with van der Waals surface area (Å²) in [5.74, 6) is 0.865. The molecule has 3 heterocycles. The third-order valence-electron chi connectivity index (χ3n) is 4.52. The van der Waals surface area contributed by atoms with Crippen molar-refractivity contribution in [2.45, 2.75) is 32.0 Å². The van der Waals surface area contributed by atoms with Gasteiger partial charge in [0.05, 0.1) is 12.6 Å². The molecule has 0 aliphatic carbocycles. The number of ether oxygens (including phenoxy) is 1. The first kappa shape index (κ1) is 17.7. The minimum absolute atomic E-state index is 0.314. The Bertz CT molecular complexity index is 811. The molecule has 2 aromatic heterocycles. The molecule has 1 aliphatic rings. The quantitative estimate of drug-likeness (QED) is 0.555. The topological polar surface area (TPSA) is 38.5 Å². The van der Waals surface area contributed by atoms with Crippen molar-refractivity contribution in [1.82, 2.24) is 10.1 Å². The SMILES string of the molecule is Clc1ccc(-c2cc(CN(Cc3cccs3)CC3CCCO3)on2)cc1. The minimum atomic E-state index is 0.314. The number of nitrogens with zero attached hydrogens (tertiary/aromatic N) is 2. The fourth-order valence-corrected chi connectivity index (χ4v) is 4.12. The molecule has 136 valence electrons. The van der Waals surface area contributed by atoms with Gasteiger partial charge in [-0.15, -0.1) is 11.3 Å². The van der Waals surface area contributed by atoms with Crippen molar-refractivity contribution in [3.05, 3.63) is 63.5 Å². The van der Waals surface area contributed by atoms with E-state index in [1.165, 1.54) is 4.88 Å². The van der Waals surface area contributed by atoms with Crippen LogP contribution >= 0.6 is 22.9 Å². The van der Waals surface area contributed by atoms with Crippen molar-refractivity contribution in [3.8, 4) is 11.3 Å². The van der Waals surface area contributed by atoms with E-state index in [0.29, 0.717) is 6.10 Å². The average Bonchev–Trinajstić information content (AvgIpc) is 3.38. The molecule has 26 heavy (non-hydrogen) atoms. The summed E-state index contributed by atoms with van der Waals surface area (Å²) in [7, 11) is 0. The van der Waals surface area contributed by atoms with Crippen LogP contribution < -0.4 is 0 Å². The van der Waals surface area contributed by atoms with E-state index in [1.807, 2.05) is 30.3 Å². The van der Waals surface area contributed by atoms with E-state index in [9.17, 15) is 0 Å². The van der Waals surface area contributed by atoms with Crippen LogP contribution in [0, 0.1) is 0 Å². The molecule has 1 fully saturated rings. The molecule has 1 atom stereocenters. The van der Waals surface area contributed by atoms with Crippen molar-refractivity contribution >= 4 is 22.9 Å². The summed E-state index contributed by atoms with van der Waals surface area (Å²) >= 11 is 7.74. The van der Waals surface area contributed by atoms with E-state index < -0.39 is 0 Å². The van der Waals surface area contributed by atoms with Crippen molar-refractivity contribution in [2.24, 2.45) is 0 Å². The van der Waals surface area contributed by atoms with Crippen LogP contribution in [0.3, 0.4) is 0 Å². The van der Waals surface area contributed by atoms with Crippen LogP contribution in [0.15, 0.2) is 52.4 Å². The fourth-order valence-electron chi connectivity index (χ4n) is 3.25. The van der Waals surface area contributed by atoms with Crippen LogP contribution in [0.1, 0.15) is 23.5 Å². The molecule has 0 radical (unpaired) electrons. The Hall–Kier alpha value is -1.66. The lowest BCUT2D eigenvalue weighted by atomic mass is 10.1. The van der Waals surface area contributed by atoms with Crippen LogP contribution in [-0.4, -0.2) is 29.3 Å². The number of hydrogen-bond acceptors (Lipinski definition) is 5. The smallest absolute Gasteiger partial charge is 0.151 e. The van der Waals surface area contributed by atoms with Gasteiger partial charge in [0.15, 0.2) is 5.76 Å². The number of aromatic nitrogens is 1. The Balaban J connectivity index is 1.46. The predicted molar refractivity (Wildman–Crippen MR) is 104 cm³/mol. The number of hydrogen-bond donors (Lipinski definition) is 0. The molecule has 0 spiro atoms. The molecule has 6 heteroatoms. The van der Waals surface area contributed by atoms with E-state index in [-0.39, 0.29) is 0 Å². The molecule has 0 bridgehead atoms. The maximum absolute atomic E-state index is 5.96. The summed E-state index contributed by atoms with van der Waals surface area (Å²) in [6, 6.07) is 13.9. The van der Waals surface area contributed by atoms with E-state index in [4.69, 9.17) is 20.9 Å². The highest BCUT2D eigenvalue weighted by Gasteiger charge is 2.21. The molecule has 0 saturated carbocycles. The van der Waals surface area contributed by atoms with Gasteiger partial charge in [-0.05, 0) is 36.4 Å². The highest BCUT2D eigenvalue weighted by molar-refractivity contribution is 7.09. The second-order valence-corrected chi connectivity index (χ2v) is 8.04. The summed E-state index contributed by atoms with van der Waals surface area (Å²) < 4.78 is 11.4. The van der Waals surface area contributed by atoms with Crippen molar-refractivity contribution in [1.29, 1.82) is 0 Å². The second kappa shape index (κ2) is 8.35. The van der Waals surface area contributed by atoms with Crippen LogP contribution in [0.25, 0.3) is 11.3 Å². The third-order valence-corrected chi connectivity index (χ3v) is 5.64. The monoisotopic (exact) mass is 388 g/mol. The van der Waals surface area contributed by atoms with Gasteiger partial charge in [-0.25, -0.2) is 0 Å². The Kier molecular flexibility index (Phi) is 5.70. The van der Waals surface area contributed by atoms with E-state index in [2.05, 4.69) is 27.6 Å². The number of rotatable bonds is 7. The standard InChI is InChI=1S/C20H21ClN2O2S/c21-16-7-5-15(6-8-16)20-11-18(25-22-20)13-23(12-17-3-1-9-24-17)14-19-4-2-10-26-19/h2,4-8,10-11,17H,1,3,9,12-14H2. The normalized spacial score (nSPS) is 17.2. The first-order valence-corrected chi connectivity index (χ1v) is 10.1. The number of thiophene rings is 1. The second-order valence-electron chi connectivity index (χ2n) is 6.57. The molecule has 3 aromatic rings. The molecule has 0 amide bonds. The van der Waals surface area contributed by atoms with Gasteiger partial charge in [-0.3, -0.25) is 4.90 Å². The maximum atomic E-state index is 5.96. The number of benzene rings is 1. The van der Waals surface area contributed by atoms with Crippen LogP contribution in [0.2, 0.25) is 5.02 Å². The zero-order chi connectivity index (χ0) is 17.8. The van der Waals surface area contributed by atoms with Gasteiger partial charge >= 0.3 is 0 Å². The zero-order valence-corrected chi connectivity index (χ0v) is 16.0. The Morgan fingerprint density at radius 3 is 2.81 bits per heavy atom. The summed E-state index contributed by atoms with van der Waals surface area (Å²) in [6.45, 7) is 3.41. The van der Waals surface area contributed by atoms with Crippen molar-refractivity contribution < 1.29 is 9.26 Å². The van der Waals surface area contributed by atoms with E-state index >= 15 is 0 Å². The molecule has 1 unspecified atom stereocenters. The Labute approximate surface area is 162 Å². The fraction of sp³-hybridized carbons (Fsp3) is 0.350. The minimum Gasteiger partial charge on any atom is -0.377 e. The molecular formula is C20H21ClN2O2S. The summed E-state index contributed by atoms with van der Waals surface area (Å²) in [4.78, 5) is 3.73. The Morgan fingerprint density at radius 1 is 1.19 bits per heavy atom. The average molecular weight is 389 g/mol. The van der Waals surface area contributed by atoms with Gasteiger partial charge in [-0.2, -0.15) is 0 Å². The van der Waals surface area contributed by atoms with Gasteiger partial charge in [0, 0.05) is 41.2 Å². The highest BCUT2D eigenvalue weighted by atomic mass is 35.5. The molecule has 0 N–H and O–H groups in total.